The first-order valence-electron chi connectivity index (χ1n) is 6.28. The number of fused-ring (bicyclic) bond motifs is 1. The second-order valence-corrected chi connectivity index (χ2v) is 4.81. The number of hydrogen-bond acceptors (Lipinski definition) is 7. The molecule has 0 aromatic carbocycles. The zero-order chi connectivity index (χ0) is 15.9. The van der Waals surface area contributed by atoms with Gasteiger partial charge < -0.3 is 20.7 Å². The molecular weight excluding hydrogens is 297 g/mol. The fraction of sp³-hybridized carbons (Fsp3) is 0.455. The Bertz CT molecular complexity index is 761. The number of hydrogen-bond donors (Lipinski definition) is 3. The summed E-state index contributed by atoms with van der Waals surface area (Å²) in [6.07, 6.45) is -2.50. The van der Waals surface area contributed by atoms with Crippen molar-refractivity contribution in [3.05, 3.63) is 29.0 Å². The molecule has 10 nitrogen and oxygen atoms in total. The van der Waals surface area contributed by atoms with Crippen molar-refractivity contribution in [3.8, 4) is 0 Å². The first-order valence-corrected chi connectivity index (χ1v) is 6.28. The van der Waals surface area contributed by atoms with Crippen LogP contribution in [-0.4, -0.2) is 49.4 Å². The van der Waals surface area contributed by atoms with E-state index in [2.05, 4.69) is 20.0 Å². The number of aromatic nitrogens is 3. The van der Waals surface area contributed by atoms with Crippen molar-refractivity contribution in [2.24, 2.45) is 5.11 Å². The number of imidazole rings is 1. The predicted octanol–water partition coefficient (Wildman–Crippen LogP) is 0.240. The molecule has 0 aliphatic carbocycles. The highest BCUT2D eigenvalue weighted by atomic mass is 19.1. The van der Waals surface area contributed by atoms with Gasteiger partial charge in [0.1, 0.15) is 11.6 Å². The number of aliphatic hydroxyl groups excluding tert-OH is 2. The molecule has 3 rings (SSSR count). The first kappa shape index (κ1) is 14.5. The molecule has 4 unspecified atom stereocenters. The molecule has 0 radical (unpaired) electrons. The summed E-state index contributed by atoms with van der Waals surface area (Å²) in [4.78, 5) is 10.6. The van der Waals surface area contributed by atoms with E-state index in [1.54, 1.807) is 0 Å². The van der Waals surface area contributed by atoms with Crippen LogP contribution in [0.25, 0.3) is 21.6 Å². The Kier molecular flexibility index (Phi) is 3.34. The van der Waals surface area contributed by atoms with E-state index in [4.69, 9.17) is 16.0 Å². The van der Waals surface area contributed by atoms with Gasteiger partial charge in [-0.1, -0.05) is 5.11 Å². The highest BCUT2D eigenvalue weighted by Crippen LogP contribution is 2.41. The number of azide groups is 1. The van der Waals surface area contributed by atoms with Crippen molar-refractivity contribution < 1.29 is 19.3 Å². The lowest BCUT2D eigenvalue weighted by atomic mass is 10.1. The Hall–Kier alpha value is -2.46. The molecule has 0 spiro atoms. The van der Waals surface area contributed by atoms with E-state index < -0.39 is 30.8 Å². The van der Waals surface area contributed by atoms with E-state index >= 15 is 0 Å². The van der Waals surface area contributed by atoms with E-state index in [0.29, 0.717) is 11.2 Å². The van der Waals surface area contributed by atoms with E-state index in [1.807, 2.05) is 0 Å². The van der Waals surface area contributed by atoms with Gasteiger partial charge in [-0.05, 0) is 11.6 Å². The van der Waals surface area contributed by atoms with Crippen molar-refractivity contribution >= 4 is 16.9 Å². The molecule has 2 aromatic heterocycles. The van der Waals surface area contributed by atoms with Crippen LogP contribution >= 0.6 is 0 Å². The molecule has 2 aromatic rings. The van der Waals surface area contributed by atoms with Crippen LogP contribution in [0.4, 0.5) is 10.1 Å². The van der Waals surface area contributed by atoms with Gasteiger partial charge in [-0.15, -0.1) is 0 Å². The van der Waals surface area contributed by atoms with E-state index in [0.717, 1.165) is 0 Å². The Morgan fingerprint density at radius 2 is 2.36 bits per heavy atom. The van der Waals surface area contributed by atoms with Gasteiger partial charge in [0.05, 0.1) is 18.6 Å². The third kappa shape index (κ3) is 1.88. The molecule has 1 aliphatic rings. The van der Waals surface area contributed by atoms with Crippen molar-refractivity contribution in [3.63, 3.8) is 0 Å². The number of rotatable bonds is 3. The van der Waals surface area contributed by atoms with Gasteiger partial charge in [0, 0.05) is 11.1 Å². The summed E-state index contributed by atoms with van der Waals surface area (Å²) in [5.74, 6) is 0. The molecule has 4 N–H and O–H groups in total. The first-order chi connectivity index (χ1) is 10.5. The number of aliphatic hydroxyl groups is 2. The highest BCUT2D eigenvalue weighted by Gasteiger charge is 2.56. The molecule has 3 heterocycles. The number of alkyl halides is 1. The van der Waals surface area contributed by atoms with Crippen LogP contribution in [-0.2, 0) is 4.74 Å². The fourth-order valence-electron chi connectivity index (χ4n) is 2.42. The summed E-state index contributed by atoms with van der Waals surface area (Å²) in [6.45, 7) is -0.878. The van der Waals surface area contributed by atoms with Gasteiger partial charge in [0.25, 0.3) is 0 Å². The average Bonchev–Trinajstić information content (AvgIpc) is 3.04. The molecular formula is C11H12FN7O3. The molecule has 1 saturated heterocycles. The maximum atomic E-state index is 14.4. The number of pyridine rings is 1. The third-order valence-electron chi connectivity index (χ3n) is 3.57. The number of halogens is 1. The zero-order valence-electron chi connectivity index (χ0n) is 11.1. The smallest absolute Gasteiger partial charge is 0.201 e. The van der Waals surface area contributed by atoms with Crippen molar-refractivity contribution in [1.29, 1.82) is 0 Å². The summed E-state index contributed by atoms with van der Waals surface area (Å²) in [7, 11) is 0. The molecule has 22 heavy (non-hydrogen) atoms. The second-order valence-electron chi connectivity index (χ2n) is 4.81. The molecule has 1 aliphatic heterocycles. The SMILES string of the molecule is [N-]=[N+]=NC1(CO)OC(n2cnc3c(N)ccnc32)C(F)C1O. The second kappa shape index (κ2) is 5.07. The molecule has 1 fully saturated rings. The van der Waals surface area contributed by atoms with Crippen LogP contribution in [0.5, 0.6) is 0 Å². The molecule has 0 amide bonds. The lowest BCUT2D eigenvalue weighted by Crippen LogP contribution is -2.43. The number of anilines is 1. The van der Waals surface area contributed by atoms with E-state index in [-0.39, 0.29) is 5.65 Å². The summed E-state index contributed by atoms with van der Waals surface area (Å²) in [5, 5.41) is 22.5. The van der Waals surface area contributed by atoms with Crippen LogP contribution in [0.1, 0.15) is 6.23 Å². The summed E-state index contributed by atoms with van der Waals surface area (Å²) >= 11 is 0. The predicted molar refractivity (Wildman–Crippen MR) is 71.9 cm³/mol. The standard InChI is InChI=1S/C11H12FN7O3/c12-6-8(21)11(3-20,17-18-14)22-10(6)19-4-16-7-5(13)1-2-15-9(7)19/h1-2,4,6,8,10,20-21H,3H2,(H2,13,15). The van der Waals surface area contributed by atoms with Gasteiger partial charge in [-0.25, -0.2) is 14.4 Å². The van der Waals surface area contributed by atoms with Crippen LogP contribution in [0, 0.1) is 0 Å². The van der Waals surface area contributed by atoms with Gasteiger partial charge in [-0.2, -0.15) is 0 Å². The number of nitrogens with two attached hydrogens (primary N) is 1. The summed E-state index contributed by atoms with van der Waals surface area (Å²) in [6, 6.07) is 1.54. The molecule has 11 heteroatoms. The Labute approximate surface area is 122 Å². The van der Waals surface area contributed by atoms with Gasteiger partial charge in [0.15, 0.2) is 18.0 Å². The van der Waals surface area contributed by atoms with Crippen molar-refractivity contribution in [1.82, 2.24) is 14.5 Å². The topological polar surface area (TPSA) is 155 Å². The zero-order valence-corrected chi connectivity index (χ0v) is 11.1. The van der Waals surface area contributed by atoms with Gasteiger partial charge >= 0.3 is 0 Å². The molecule has 0 bridgehead atoms. The number of nitrogen functional groups attached to an aromatic ring is 1. The monoisotopic (exact) mass is 309 g/mol. The third-order valence-corrected chi connectivity index (χ3v) is 3.57. The van der Waals surface area contributed by atoms with Crippen molar-refractivity contribution in [2.45, 2.75) is 24.2 Å². The normalized spacial score (nSPS) is 31.3. The highest BCUT2D eigenvalue weighted by molar-refractivity contribution is 5.83. The number of ether oxygens (including phenoxy) is 1. The minimum absolute atomic E-state index is 0.245. The Morgan fingerprint density at radius 1 is 1.59 bits per heavy atom. The van der Waals surface area contributed by atoms with E-state index in [1.165, 1.54) is 23.2 Å². The van der Waals surface area contributed by atoms with E-state index in [9.17, 15) is 14.6 Å². The van der Waals surface area contributed by atoms with Gasteiger partial charge in [-0.3, -0.25) is 4.57 Å². The minimum Gasteiger partial charge on any atom is -0.397 e. The fourth-order valence-corrected chi connectivity index (χ4v) is 2.42. The number of nitrogens with zero attached hydrogens (tertiary/aromatic N) is 6. The molecule has 4 atom stereocenters. The average molecular weight is 309 g/mol. The quantitative estimate of drug-likeness (QED) is 0.419. The van der Waals surface area contributed by atoms with Crippen molar-refractivity contribution in [2.75, 3.05) is 12.3 Å². The van der Waals surface area contributed by atoms with Crippen LogP contribution < -0.4 is 5.73 Å². The Balaban J connectivity index is 2.08. The molecule has 0 saturated carbocycles. The lowest BCUT2D eigenvalue weighted by molar-refractivity contribution is -0.122. The lowest BCUT2D eigenvalue weighted by Gasteiger charge is -2.23. The van der Waals surface area contributed by atoms with Crippen LogP contribution in [0.15, 0.2) is 23.7 Å². The van der Waals surface area contributed by atoms with Crippen LogP contribution in [0.3, 0.4) is 0 Å². The maximum Gasteiger partial charge on any atom is 0.201 e. The maximum absolute atomic E-state index is 14.4. The summed E-state index contributed by atoms with van der Waals surface area (Å²) in [5.41, 5.74) is 13.1. The van der Waals surface area contributed by atoms with Crippen LogP contribution in [0.2, 0.25) is 0 Å². The summed E-state index contributed by atoms with van der Waals surface area (Å²) < 4.78 is 20.9. The van der Waals surface area contributed by atoms with Gasteiger partial charge in [0.2, 0.25) is 5.72 Å². The minimum atomic E-state index is -2.10. The largest absolute Gasteiger partial charge is 0.397 e. The molecule has 116 valence electrons. The Morgan fingerprint density at radius 3 is 3.05 bits per heavy atom.